The lowest BCUT2D eigenvalue weighted by Gasteiger charge is -2.09. The number of nitrogens with zero attached hydrogens (tertiary/aromatic N) is 4. The van der Waals surface area contributed by atoms with Crippen LogP contribution in [0.3, 0.4) is 0 Å². The summed E-state index contributed by atoms with van der Waals surface area (Å²) >= 11 is 1.10. The number of halogens is 3. The molecule has 7 nitrogen and oxygen atoms in total. The molecule has 0 aliphatic rings. The number of anilines is 1. The number of aryl methyl sites for hydroxylation is 1. The fourth-order valence-corrected chi connectivity index (χ4v) is 3.41. The number of amides is 1. The zero-order valence-electron chi connectivity index (χ0n) is 16.1. The molecule has 0 spiro atoms. The number of pyridine rings is 1. The summed E-state index contributed by atoms with van der Waals surface area (Å²) in [5.74, 6) is -0.0492. The molecule has 0 saturated heterocycles. The number of benzene rings is 1. The molecule has 30 heavy (non-hydrogen) atoms. The monoisotopic (exact) mass is 437 g/mol. The molecule has 1 N–H and O–H groups in total. The number of carbonyl (C=O) groups is 1. The second kappa shape index (κ2) is 8.74. The number of aromatic nitrogens is 4. The van der Waals surface area contributed by atoms with Gasteiger partial charge >= 0.3 is 6.18 Å². The van der Waals surface area contributed by atoms with Gasteiger partial charge in [0.25, 0.3) is 5.56 Å². The average Bonchev–Trinajstić information content (AvgIpc) is 3.06. The van der Waals surface area contributed by atoms with Crippen LogP contribution in [0.15, 0.2) is 52.5 Å². The first-order valence-electron chi connectivity index (χ1n) is 8.90. The summed E-state index contributed by atoms with van der Waals surface area (Å²) in [4.78, 5) is 24.6. The Morgan fingerprint density at radius 3 is 2.50 bits per heavy atom. The molecule has 0 fully saturated rings. The minimum Gasteiger partial charge on any atom is -0.325 e. The Kier molecular flexibility index (Phi) is 6.30. The summed E-state index contributed by atoms with van der Waals surface area (Å²) in [7, 11) is 1.69. The summed E-state index contributed by atoms with van der Waals surface area (Å²) < 4.78 is 40.9. The molecule has 0 aliphatic heterocycles. The van der Waals surface area contributed by atoms with Crippen molar-refractivity contribution < 1.29 is 18.0 Å². The number of hydrogen-bond acceptors (Lipinski definition) is 5. The third-order valence-electron chi connectivity index (χ3n) is 4.27. The maximum atomic E-state index is 12.6. The normalized spacial score (nSPS) is 11.5. The van der Waals surface area contributed by atoms with Crippen LogP contribution in [0, 0.1) is 0 Å². The van der Waals surface area contributed by atoms with Crippen LogP contribution in [0.5, 0.6) is 0 Å². The van der Waals surface area contributed by atoms with E-state index in [-0.39, 0.29) is 17.0 Å². The number of rotatable bonds is 6. The van der Waals surface area contributed by atoms with Crippen LogP contribution in [0.1, 0.15) is 12.5 Å². The molecule has 2 heterocycles. The maximum Gasteiger partial charge on any atom is 0.416 e. The van der Waals surface area contributed by atoms with Crippen LogP contribution in [0.2, 0.25) is 0 Å². The average molecular weight is 437 g/mol. The van der Waals surface area contributed by atoms with Crippen molar-refractivity contribution in [3.8, 4) is 11.4 Å². The maximum absolute atomic E-state index is 12.6. The highest BCUT2D eigenvalue weighted by Crippen LogP contribution is 2.30. The second-order valence-corrected chi connectivity index (χ2v) is 7.23. The van der Waals surface area contributed by atoms with Crippen LogP contribution in [-0.4, -0.2) is 31.0 Å². The first-order valence-corrected chi connectivity index (χ1v) is 9.88. The molecule has 0 saturated carbocycles. The SMILES string of the molecule is CCn1cccc(-c2nnc(SCC(=O)Nc3ccc(C(F)(F)F)cc3)n2C)c1=O. The summed E-state index contributed by atoms with van der Waals surface area (Å²) in [6.45, 7) is 2.38. The fourth-order valence-electron chi connectivity index (χ4n) is 2.70. The molecule has 3 rings (SSSR count). The fraction of sp³-hybridized carbons (Fsp3) is 0.263. The molecule has 11 heteroatoms. The minimum absolute atomic E-state index is 0.0268. The van der Waals surface area contributed by atoms with E-state index in [4.69, 9.17) is 0 Å². The Bertz CT molecular complexity index is 1110. The molecular formula is C19H18F3N5O2S. The van der Waals surface area contributed by atoms with Crippen molar-refractivity contribution >= 4 is 23.4 Å². The zero-order chi connectivity index (χ0) is 21.9. The quantitative estimate of drug-likeness (QED) is 0.598. The van der Waals surface area contributed by atoms with E-state index >= 15 is 0 Å². The van der Waals surface area contributed by atoms with E-state index < -0.39 is 17.6 Å². The Hall–Kier alpha value is -3.08. The van der Waals surface area contributed by atoms with Gasteiger partial charge in [0, 0.05) is 25.5 Å². The Balaban J connectivity index is 1.66. The van der Waals surface area contributed by atoms with E-state index in [1.54, 1.807) is 34.5 Å². The number of nitrogens with one attached hydrogen (secondary N) is 1. The van der Waals surface area contributed by atoms with Crippen LogP contribution < -0.4 is 10.9 Å². The van der Waals surface area contributed by atoms with Gasteiger partial charge < -0.3 is 14.5 Å². The lowest BCUT2D eigenvalue weighted by atomic mass is 10.2. The molecule has 0 unspecified atom stereocenters. The second-order valence-electron chi connectivity index (χ2n) is 6.29. The van der Waals surface area contributed by atoms with E-state index in [1.165, 1.54) is 12.1 Å². The van der Waals surface area contributed by atoms with Crippen molar-refractivity contribution in [1.29, 1.82) is 0 Å². The summed E-state index contributed by atoms with van der Waals surface area (Å²) in [5.41, 5.74) is -0.316. The predicted octanol–water partition coefficient (Wildman–Crippen LogP) is 3.41. The first-order chi connectivity index (χ1) is 14.2. The van der Waals surface area contributed by atoms with Gasteiger partial charge in [0.05, 0.1) is 16.9 Å². The smallest absolute Gasteiger partial charge is 0.325 e. The summed E-state index contributed by atoms with van der Waals surface area (Å²) in [5, 5.41) is 11.1. The molecule has 0 atom stereocenters. The molecule has 1 amide bonds. The Labute approximate surface area is 173 Å². The van der Waals surface area contributed by atoms with Crippen molar-refractivity contribution in [3.05, 3.63) is 58.5 Å². The van der Waals surface area contributed by atoms with Gasteiger partial charge in [-0.15, -0.1) is 10.2 Å². The third-order valence-corrected chi connectivity index (χ3v) is 5.29. The van der Waals surface area contributed by atoms with Crippen molar-refractivity contribution in [2.45, 2.75) is 24.8 Å². The van der Waals surface area contributed by atoms with Gasteiger partial charge in [-0.3, -0.25) is 9.59 Å². The predicted molar refractivity (Wildman–Crippen MR) is 107 cm³/mol. The molecule has 0 bridgehead atoms. The molecule has 2 aromatic heterocycles. The van der Waals surface area contributed by atoms with Crippen molar-refractivity contribution in [2.75, 3.05) is 11.1 Å². The van der Waals surface area contributed by atoms with Crippen LogP contribution in [0.4, 0.5) is 18.9 Å². The van der Waals surface area contributed by atoms with E-state index in [0.29, 0.717) is 23.1 Å². The number of thioether (sulfide) groups is 1. The van der Waals surface area contributed by atoms with Gasteiger partial charge in [-0.05, 0) is 43.3 Å². The molecule has 0 aliphatic carbocycles. The molecule has 3 aromatic rings. The van der Waals surface area contributed by atoms with Crippen molar-refractivity contribution in [2.24, 2.45) is 7.05 Å². The van der Waals surface area contributed by atoms with Crippen molar-refractivity contribution in [3.63, 3.8) is 0 Å². The standard InChI is InChI=1S/C19H18F3N5O2S/c1-3-27-10-4-5-14(17(27)29)16-24-25-18(26(16)2)30-11-15(28)23-13-8-6-12(7-9-13)19(20,21)22/h4-10H,3,11H2,1-2H3,(H,23,28). The summed E-state index contributed by atoms with van der Waals surface area (Å²) in [6, 6.07) is 7.60. The molecular weight excluding hydrogens is 419 g/mol. The molecule has 158 valence electrons. The first kappa shape index (κ1) is 21.6. The largest absolute Gasteiger partial charge is 0.416 e. The van der Waals surface area contributed by atoms with Gasteiger partial charge in [-0.25, -0.2) is 0 Å². The minimum atomic E-state index is -4.43. The highest BCUT2D eigenvalue weighted by Gasteiger charge is 2.30. The molecule has 1 aromatic carbocycles. The summed E-state index contributed by atoms with van der Waals surface area (Å²) in [6.07, 6.45) is -2.75. The number of alkyl halides is 3. The van der Waals surface area contributed by atoms with Crippen molar-refractivity contribution in [1.82, 2.24) is 19.3 Å². The van der Waals surface area contributed by atoms with Crippen LogP contribution in [-0.2, 0) is 24.6 Å². The van der Waals surface area contributed by atoms with Gasteiger partial charge in [0.2, 0.25) is 5.91 Å². The Morgan fingerprint density at radius 1 is 1.17 bits per heavy atom. The zero-order valence-corrected chi connectivity index (χ0v) is 16.9. The van der Waals surface area contributed by atoms with E-state index in [2.05, 4.69) is 15.5 Å². The van der Waals surface area contributed by atoms with Crippen LogP contribution in [0.25, 0.3) is 11.4 Å². The van der Waals surface area contributed by atoms with Crippen LogP contribution >= 0.6 is 11.8 Å². The van der Waals surface area contributed by atoms with E-state index in [0.717, 1.165) is 23.9 Å². The van der Waals surface area contributed by atoms with Gasteiger partial charge in [-0.2, -0.15) is 13.2 Å². The number of hydrogen-bond donors (Lipinski definition) is 1. The van der Waals surface area contributed by atoms with E-state index in [9.17, 15) is 22.8 Å². The molecule has 0 radical (unpaired) electrons. The van der Waals surface area contributed by atoms with Gasteiger partial charge in [0.15, 0.2) is 11.0 Å². The lowest BCUT2D eigenvalue weighted by Crippen LogP contribution is -2.20. The lowest BCUT2D eigenvalue weighted by molar-refractivity contribution is -0.137. The van der Waals surface area contributed by atoms with E-state index in [1.807, 2.05) is 6.92 Å². The highest BCUT2D eigenvalue weighted by molar-refractivity contribution is 7.99. The van der Waals surface area contributed by atoms with Gasteiger partial charge in [0.1, 0.15) is 0 Å². The number of carbonyl (C=O) groups excluding carboxylic acids is 1. The van der Waals surface area contributed by atoms with Gasteiger partial charge in [-0.1, -0.05) is 11.8 Å². The topological polar surface area (TPSA) is 81.8 Å². The Morgan fingerprint density at radius 2 is 1.87 bits per heavy atom. The third kappa shape index (κ3) is 4.73. The highest BCUT2D eigenvalue weighted by atomic mass is 32.2.